The Morgan fingerprint density at radius 2 is 1.85 bits per heavy atom. The van der Waals surface area contributed by atoms with Crippen molar-refractivity contribution in [2.75, 3.05) is 16.8 Å². The molecule has 252 valence electrons. The van der Waals surface area contributed by atoms with Crippen molar-refractivity contribution in [2.45, 2.75) is 52.5 Å². The first-order chi connectivity index (χ1) is 22.8. The Balaban J connectivity index is 1.60. The quantitative estimate of drug-likeness (QED) is 0.132. The predicted octanol–water partition coefficient (Wildman–Crippen LogP) is 5.66. The number of alkyl halides is 3. The molecule has 0 fully saturated rings. The molecule has 4 aromatic rings. The molecule has 0 unspecified atom stereocenters. The number of imidazole rings is 1. The molecule has 17 heteroatoms. The largest absolute Gasteiger partial charge is 0.493 e. The van der Waals surface area contributed by atoms with Gasteiger partial charge in [0, 0.05) is 42.2 Å². The standard InChI is InChI=1S/C31H29F5N8O4/c1-17(2)44(48-28(46)31(34,35)36)27(45)19-9-8-18(3)20(14-19)24-21-15-39-30(47)43(25-22(32)6-4-7-23(25)33)26(21)41-29(40-24)38-10-5-12-42-13-11-37-16-42/h4,6-9,11,13-14,16-17H,5,10,12,15H2,1-3H3,(H,39,47)(H,38,40,41). The number of urea groups is 1. The van der Waals surface area contributed by atoms with E-state index in [1.54, 1.807) is 25.6 Å². The highest BCUT2D eigenvalue weighted by Gasteiger charge is 2.44. The van der Waals surface area contributed by atoms with Gasteiger partial charge in [-0.3, -0.25) is 4.79 Å². The van der Waals surface area contributed by atoms with Gasteiger partial charge in [-0.1, -0.05) is 12.1 Å². The normalized spacial score (nSPS) is 12.9. The Bertz CT molecular complexity index is 1830. The molecule has 0 bridgehead atoms. The average Bonchev–Trinajstić information content (AvgIpc) is 3.55. The van der Waals surface area contributed by atoms with Gasteiger partial charge in [0.05, 0.1) is 24.6 Å². The number of nitrogens with one attached hydrogen (secondary N) is 2. The molecule has 0 saturated carbocycles. The smallest absolute Gasteiger partial charge is 0.354 e. The highest BCUT2D eigenvalue weighted by Crippen LogP contribution is 2.39. The van der Waals surface area contributed by atoms with Crippen LogP contribution in [0.3, 0.4) is 0 Å². The van der Waals surface area contributed by atoms with Gasteiger partial charge < -0.3 is 20.0 Å². The summed E-state index contributed by atoms with van der Waals surface area (Å²) in [6, 6.07) is 5.47. The van der Waals surface area contributed by atoms with Crippen molar-refractivity contribution in [2.24, 2.45) is 0 Å². The Hall–Kier alpha value is -5.61. The number of carbonyl (C=O) groups excluding carboxylic acids is 3. The summed E-state index contributed by atoms with van der Waals surface area (Å²) in [7, 11) is 0. The second kappa shape index (κ2) is 13.6. The summed E-state index contributed by atoms with van der Waals surface area (Å²) < 4.78 is 70.9. The topological polar surface area (TPSA) is 135 Å². The van der Waals surface area contributed by atoms with E-state index in [1.165, 1.54) is 32.0 Å². The molecule has 2 aromatic heterocycles. The van der Waals surface area contributed by atoms with Crippen LogP contribution in [-0.2, 0) is 22.7 Å². The monoisotopic (exact) mass is 672 g/mol. The SMILES string of the molecule is Cc1ccc(C(=O)N(OC(=O)C(F)(F)F)C(C)C)cc1-c1nc(NCCCn2ccnc2)nc2c1CNC(=O)N2c1c(F)cccc1F. The molecule has 12 nitrogen and oxygen atoms in total. The number of benzene rings is 2. The zero-order chi connectivity index (χ0) is 34.7. The summed E-state index contributed by atoms with van der Waals surface area (Å²) in [5.41, 5.74) is 0.400. The number of nitrogens with zero attached hydrogens (tertiary/aromatic N) is 6. The maximum Gasteiger partial charge on any atom is 0.493 e. The van der Waals surface area contributed by atoms with Gasteiger partial charge in [0.1, 0.15) is 17.3 Å². The lowest BCUT2D eigenvalue weighted by Crippen LogP contribution is -2.43. The summed E-state index contributed by atoms with van der Waals surface area (Å²) >= 11 is 0. The fourth-order valence-corrected chi connectivity index (χ4v) is 4.91. The maximum atomic E-state index is 15.0. The van der Waals surface area contributed by atoms with Gasteiger partial charge in [-0.05, 0) is 57.0 Å². The van der Waals surface area contributed by atoms with Crippen LogP contribution in [0.4, 0.5) is 44.2 Å². The van der Waals surface area contributed by atoms with E-state index in [2.05, 4.69) is 30.4 Å². The molecule has 5 rings (SSSR count). The van der Waals surface area contributed by atoms with Crippen molar-refractivity contribution in [3.8, 4) is 11.3 Å². The van der Waals surface area contributed by atoms with Crippen LogP contribution >= 0.6 is 0 Å². The average molecular weight is 673 g/mol. The third-order valence-electron chi connectivity index (χ3n) is 7.23. The Morgan fingerprint density at radius 3 is 2.50 bits per heavy atom. The molecule has 48 heavy (non-hydrogen) atoms. The Kier molecular flexibility index (Phi) is 9.58. The van der Waals surface area contributed by atoms with E-state index in [9.17, 15) is 27.6 Å². The first kappa shape index (κ1) is 33.7. The Labute approximate surface area is 270 Å². The first-order valence-corrected chi connectivity index (χ1v) is 14.6. The van der Waals surface area contributed by atoms with Crippen LogP contribution in [0.1, 0.15) is 41.8 Å². The number of aryl methyl sites for hydroxylation is 2. The number of amides is 3. The van der Waals surface area contributed by atoms with Crippen LogP contribution in [0.15, 0.2) is 55.1 Å². The van der Waals surface area contributed by atoms with Gasteiger partial charge >= 0.3 is 18.2 Å². The minimum absolute atomic E-state index is 0.00938. The van der Waals surface area contributed by atoms with Crippen LogP contribution in [-0.4, -0.2) is 61.3 Å². The van der Waals surface area contributed by atoms with Crippen LogP contribution in [0.5, 0.6) is 0 Å². The summed E-state index contributed by atoms with van der Waals surface area (Å²) in [6.07, 6.45) is 0.309. The molecular formula is C31H29F5N8O4. The van der Waals surface area contributed by atoms with Crippen molar-refractivity contribution in [1.82, 2.24) is 29.9 Å². The molecule has 1 aliphatic heterocycles. The maximum absolute atomic E-state index is 15.0. The van der Waals surface area contributed by atoms with Crippen molar-refractivity contribution in [3.63, 3.8) is 0 Å². The molecule has 1 aliphatic rings. The number of rotatable bonds is 9. The third kappa shape index (κ3) is 7.03. The molecule has 0 spiro atoms. The van der Waals surface area contributed by atoms with E-state index in [4.69, 9.17) is 0 Å². The number of fused-ring (bicyclic) bond motifs is 1. The molecule has 0 radical (unpaired) electrons. The van der Waals surface area contributed by atoms with Gasteiger partial charge in [0.15, 0.2) is 5.82 Å². The number of aromatic nitrogens is 4. The van der Waals surface area contributed by atoms with Crippen molar-refractivity contribution < 1.29 is 41.2 Å². The third-order valence-corrected chi connectivity index (χ3v) is 7.23. The predicted molar refractivity (Wildman–Crippen MR) is 162 cm³/mol. The van der Waals surface area contributed by atoms with Gasteiger partial charge in [-0.2, -0.15) is 23.2 Å². The molecule has 0 atom stereocenters. The summed E-state index contributed by atoms with van der Waals surface area (Å²) in [6.45, 7) is 5.16. The second-order valence-corrected chi connectivity index (χ2v) is 11.0. The summed E-state index contributed by atoms with van der Waals surface area (Å²) in [4.78, 5) is 56.4. The molecule has 0 saturated heterocycles. The number of halogens is 5. The van der Waals surface area contributed by atoms with E-state index in [-0.39, 0.29) is 40.7 Å². The molecular weight excluding hydrogens is 643 g/mol. The van der Waals surface area contributed by atoms with Gasteiger partial charge in [0.2, 0.25) is 5.95 Å². The van der Waals surface area contributed by atoms with E-state index in [1.807, 2.05) is 4.57 Å². The molecule has 3 amide bonds. The van der Waals surface area contributed by atoms with Crippen LogP contribution in [0.2, 0.25) is 0 Å². The second-order valence-electron chi connectivity index (χ2n) is 11.0. The first-order valence-electron chi connectivity index (χ1n) is 14.6. The highest BCUT2D eigenvalue weighted by atomic mass is 19.4. The van der Waals surface area contributed by atoms with E-state index < -0.39 is 47.4 Å². The van der Waals surface area contributed by atoms with Crippen molar-refractivity contribution in [1.29, 1.82) is 0 Å². The number of hydroxylamine groups is 2. The van der Waals surface area contributed by atoms with Gasteiger partial charge in [-0.15, -0.1) is 0 Å². The number of carbonyl (C=O) groups is 3. The number of para-hydroxylation sites is 1. The van der Waals surface area contributed by atoms with E-state index >= 15 is 8.78 Å². The van der Waals surface area contributed by atoms with Crippen LogP contribution in [0.25, 0.3) is 11.3 Å². The van der Waals surface area contributed by atoms with Gasteiger partial charge in [0.25, 0.3) is 5.91 Å². The number of anilines is 3. The summed E-state index contributed by atoms with van der Waals surface area (Å²) in [5, 5.41) is 5.95. The molecule has 0 aliphatic carbocycles. The summed E-state index contributed by atoms with van der Waals surface area (Å²) in [5.74, 6) is -5.82. The molecule has 2 aromatic carbocycles. The Morgan fingerprint density at radius 1 is 1.12 bits per heavy atom. The van der Waals surface area contributed by atoms with Crippen molar-refractivity contribution >= 4 is 35.4 Å². The fraction of sp³-hybridized carbons (Fsp3) is 0.290. The number of hydrogen-bond donors (Lipinski definition) is 2. The molecule has 2 N–H and O–H groups in total. The fourth-order valence-electron chi connectivity index (χ4n) is 4.91. The minimum Gasteiger partial charge on any atom is -0.354 e. The van der Waals surface area contributed by atoms with Crippen LogP contribution in [0, 0.1) is 18.6 Å². The van der Waals surface area contributed by atoms with Crippen LogP contribution < -0.4 is 15.5 Å². The zero-order valence-corrected chi connectivity index (χ0v) is 25.8. The minimum atomic E-state index is -5.35. The highest BCUT2D eigenvalue weighted by molar-refractivity contribution is 6.02. The van der Waals surface area contributed by atoms with Crippen molar-refractivity contribution in [3.05, 3.63) is 83.4 Å². The number of hydrogen-bond acceptors (Lipinski definition) is 8. The zero-order valence-electron chi connectivity index (χ0n) is 25.8. The lowest BCUT2D eigenvalue weighted by molar-refractivity contribution is -0.232. The van der Waals surface area contributed by atoms with Gasteiger partial charge in [-0.25, -0.2) is 33.2 Å². The van der Waals surface area contributed by atoms with E-state index in [0.717, 1.165) is 23.1 Å². The van der Waals surface area contributed by atoms with E-state index in [0.29, 0.717) is 30.1 Å². The lowest BCUT2D eigenvalue weighted by Gasteiger charge is -2.31. The molecule has 3 heterocycles. The lowest BCUT2D eigenvalue weighted by atomic mass is 9.97.